The number of nitrogens with one attached hydrogen (secondary N) is 2. The lowest BCUT2D eigenvalue weighted by Gasteiger charge is -2.35. The minimum absolute atomic E-state index is 0.00180. The molecule has 2 N–H and O–H groups in total. The fraction of sp³-hybridized carbons (Fsp3) is 0.516. The summed E-state index contributed by atoms with van der Waals surface area (Å²) in [6.45, 7) is 8.63. The number of hydrogen-bond donors (Lipinski definition) is 2. The number of unbranched alkanes of at least 4 members (excludes halogenated alkanes) is 7. The summed E-state index contributed by atoms with van der Waals surface area (Å²) in [6, 6.07) is 14.1. The standard InChI is InChI=1S/C31H45N3O4/c1-6-7-8-9-10-11-12-13-20-32-28(35)23-34(31(2,3)4)29(36)24-16-14-18-26(21-24)33-27-19-15-17-25(22-27)30(37)38-5/h14-19,21-22,33H,6-13,20,23H2,1-5H3,(H,32,35). The Hall–Kier alpha value is -3.35. The van der Waals surface area contributed by atoms with Crippen LogP contribution in [0.3, 0.4) is 0 Å². The monoisotopic (exact) mass is 523 g/mol. The molecule has 2 rings (SSSR count). The molecule has 0 heterocycles. The van der Waals surface area contributed by atoms with E-state index < -0.39 is 11.5 Å². The zero-order chi connectivity index (χ0) is 28.0. The van der Waals surface area contributed by atoms with Gasteiger partial charge in [0.1, 0.15) is 6.54 Å². The highest BCUT2D eigenvalue weighted by atomic mass is 16.5. The van der Waals surface area contributed by atoms with E-state index in [9.17, 15) is 14.4 Å². The smallest absolute Gasteiger partial charge is 0.337 e. The number of hydrogen-bond acceptors (Lipinski definition) is 5. The molecule has 0 spiro atoms. The normalized spacial score (nSPS) is 11.1. The highest BCUT2D eigenvalue weighted by Gasteiger charge is 2.29. The SMILES string of the molecule is CCCCCCCCCCNC(=O)CN(C(=O)c1cccc(Nc2cccc(C(=O)OC)c2)c1)C(C)(C)C. The fourth-order valence-corrected chi connectivity index (χ4v) is 4.19. The molecule has 0 aliphatic heterocycles. The molecular formula is C31H45N3O4. The van der Waals surface area contributed by atoms with Gasteiger partial charge in [-0.2, -0.15) is 0 Å². The second-order valence-electron chi connectivity index (χ2n) is 10.7. The maximum Gasteiger partial charge on any atom is 0.337 e. The van der Waals surface area contributed by atoms with E-state index in [1.54, 1.807) is 41.3 Å². The van der Waals surface area contributed by atoms with E-state index in [0.717, 1.165) is 12.8 Å². The maximum atomic E-state index is 13.5. The first kappa shape index (κ1) is 30.9. The van der Waals surface area contributed by atoms with Crippen LogP contribution in [0.1, 0.15) is 99.8 Å². The molecule has 0 saturated carbocycles. The molecule has 2 aromatic carbocycles. The van der Waals surface area contributed by atoms with Gasteiger partial charge in [-0.3, -0.25) is 9.59 Å². The Balaban J connectivity index is 1.95. The van der Waals surface area contributed by atoms with Gasteiger partial charge < -0.3 is 20.3 Å². The van der Waals surface area contributed by atoms with E-state index in [2.05, 4.69) is 17.6 Å². The molecule has 0 atom stereocenters. The predicted octanol–water partition coefficient (Wildman–Crippen LogP) is 6.71. The van der Waals surface area contributed by atoms with Crippen molar-refractivity contribution in [1.29, 1.82) is 0 Å². The van der Waals surface area contributed by atoms with Gasteiger partial charge in [0, 0.05) is 29.0 Å². The number of nitrogens with zero attached hydrogens (tertiary/aromatic N) is 1. The Morgan fingerprint density at radius 1 is 0.816 bits per heavy atom. The largest absolute Gasteiger partial charge is 0.465 e. The van der Waals surface area contributed by atoms with Gasteiger partial charge in [0.25, 0.3) is 5.91 Å². The lowest BCUT2D eigenvalue weighted by Crippen LogP contribution is -2.50. The van der Waals surface area contributed by atoms with Gasteiger partial charge in [-0.05, 0) is 63.6 Å². The molecule has 2 aromatic rings. The number of esters is 1. The summed E-state index contributed by atoms with van der Waals surface area (Å²) in [5.41, 5.74) is 1.77. The number of amides is 2. The third-order valence-electron chi connectivity index (χ3n) is 6.39. The number of methoxy groups -OCH3 is 1. The molecule has 0 aliphatic carbocycles. The van der Waals surface area contributed by atoms with Crippen molar-refractivity contribution in [2.45, 2.75) is 84.6 Å². The maximum absolute atomic E-state index is 13.5. The zero-order valence-electron chi connectivity index (χ0n) is 23.8. The lowest BCUT2D eigenvalue weighted by atomic mass is 10.0. The van der Waals surface area contributed by atoms with Crippen LogP contribution in [0, 0.1) is 0 Å². The van der Waals surface area contributed by atoms with E-state index in [0.29, 0.717) is 29.0 Å². The van der Waals surface area contributed by atoms with Crippen molar-refractivity contribution in [2.75, 3.05) is 25.5 Å². The van der Waals surface area contributed by atoms with Crippen LogP contribution < -0.4 is 10.6 Å². The van der Waals surface area contributed by atoms with Crippen molar-refractivity contribution in [3.8, 4) is 0 Å². The minimum Gasteiger partial charge on any atom is -0.465 e. The van der Waals surface area contributed by atoms with Crippen LogP contribution in [-0.2, 0) is 9.53 Å². The quantitative estimate of drug-likeness (QED) is 0.200. The van der Waals surface area contributed by atoms with Gasteiger partial charge in [-0.1, -0.05) is 64.0 Å². The van der Waals surface area contributed by atoms with E-state index >= 15 is 0 Å². The topological polar surface area (TPSA) is 87.7 Å². The summed E-state index contributed by atoms with van der Waals surface area (Å²) in [4.78, 5) is 39.6. The third-order valence-corrected chi connectivity index (χ3v) is 6.39. The molecule has 7 nitrogen and oxygen atoms in total. The van der Waals surface area contributed by atoms with Crippen LogP contribution >= 0.6 is 0 Å². The average Bonchev–Trinajstić information content (AvgIpc) is 2.89. The highest BCUT2D eigenvalue weighted by molar-refractivity contribution is 5.98. The first-order chi connectivity index (χ1) is 18.2. The first-order valence-electron chi connectivity index (χ1n) is 13.8. The molecule has 0 bridgehead atoms. The molecule has 0 fully saturated rings. The minimum atomic E-state index is -0.537. The molecule has 38 heavy (non-hydrogen) atoms. The molecule has 0 aliphatic rings. The van der Waals surface area contributed by atoms with Gasteiger partial charge in [0.2, 0.25) is 5.91 Å². The average molecular weight is 524 g/mol. The number of anilines is 2. The Morgan fingerprint density at radius 2 is 1.37 bits per heavy atom. The summed E-state index contributed by atoms with van der Waals surface area (Å²) in [5, 5.41) is 6.22. The van der Waals surface area contributed by atoms with Crippen molar-refractivity contribution in [3.63, 3.8) is 0 Å². The van der Waals surface area contributed by atoms with Crippen molar-refractivity contribution in [2.24, 2.45) is 0 Å². The molecular weight excluding hydrogens is 478 g/mol. The van der Waals surface area contributed by atoms with Crippen molar-refractivity contribution in [1.82, 2.24) is 10.2 Å². The predicted molar refractivity (Wildman–Crippen MR) is 154 cm³/mol. The van der Waals surface area contributed by atoms with Crippen LogP contribution in [0.5, 0.6) is 0 Å². The number of ether oxygens (including phenoxy) is 1. The Kier molecular flexibility index (Phi) is 12.8. The summed E-state index contributed by atoms with van der Waals surface area (Å²) in [6.07, 6.45) is 9.68. The van der Waals surface area contributed by atoms with Gasteiger partial charge in [0.05, 0.1) is 12.7 Å². The van der Waals surface area contributed by atoms with Crippen LogP contribution in [-0.4, -0.2) is 48.4 Å². The van der Waals surface area contributed by atoms with Gasteiger partial charge in [-0.25, -0.2) is 4.79 Å². The Labute approximate surface area is 228 Å². The summed E-state index contributed by atoms with van der Waals surface area (Å²) in [7, 11) is 1.34. The Morgan fingerprint density at radius 3 is 1.95 bits per heavy atom. The second kappa shape index (κ2) is 15.8. The Bertz CT molecular complexity index is 1050. The second-order valence-corrected chi connectivity index (χ2v) is 10.7. The van der Waals surface area contributed by atoms with Crippen LogP contribution in [0.25, 0.3) is 0 Å². The van der Waals surface area contributed by atoms with Crippen LogP contribution in [0.15, 0.2) is 48.5 Å². The number of carbonyl (C=O) groups excluding carboxylic acids is 3. The van der Waals surface area contributed by atoms with Crippen LogP contribution in [0.4, 0.5) is 11.4 Å². The summed E-state index contributed by atoms with van der Waals surface area (Å²) < 4.78 is 4.79. The molecule has 0 unspecified atom stereocenters. The summed E-state index contributed by atoms with van der Waals surface area (Å²) >= 11 is 0. The highest BCUT2D eigenvalue weighted by Crippen LogP contribution is 2.22. The zero-order valence-corrected chi connectivity index (χ0v) is 23.8. The van der Waals surface area contributed by atoms with Gasteiger partial charge in [0.15, 0.2) is 0 Å². The molecule has 7 heteroatoms. The number of benzene rings is 2. The lowest BCUT2D eigenvalue weighted by molar-refractivity contribution is -0.122. The number of carbonyl (C=O) groups is 3. The summed E-state index contributed by atoms with van der Waals surface area (Å²) in [5.74, 6) is -0.782. The molecule has 208 valence electrons. The first-order valence-corrected chi connectivity index (χ1v) is 13.8. The number of rotatable bonds is 15. The third kappa shape index (κ3) is 10.6. The molecule has 0 radical (unpaired) electrons. The van der Waals surface area contributed by atoms with E-state index in [1.165, 1.54) is 45.6 Å². The molecule has 2 amide bonds. The fourth-order valence-electron chi connectivity index (χ4n) is 4.19. The van der Waals surface area contributed by atoms with Crippen molar-refractivity contribution < 1.29 is 19.1 Å². The van der Waals surface area contributed by atoms with E-state index in [4.69, 9.17) is 4.74 Å². The van der Waals surface area contributed by atoms with Crippen molar-refractivity contribution in [3.05, 3.63) is 59.7 Å². The van der Waals surface area contributed by atoms with Crippen LogP contribution in [0.2, 0.25) is 0 Å². The van der Waals surface area contributed by atoms with Gasteiger partial charge >= 0.3 is 5.97 Å². The molecule has 0 saturated heterocycles. The molecule has 0 aromatic heterocycles. The van der Waals surface area contributed by atoms with E-state index in [-0.39, 0.29) is 18.4 Å². The van der Waals surface area contributed by atoms with E-state index in [1.807, 2.05) is 32.9 Å². The van der Waals surface area contributed by atoms with Crippen molar-refractivity contribution >= 4 is 29.2 Å². The van der Waals surface area contributed by atoms with Gasteiger partial charge in [-0.15, -0.1) is 0 Å².